The topological polar surface area (TPSA) is 33.1 Å². The summed E-state index contributed by atoms with van der Waals surface area (Å²) in [4.78, 5) is 6.21. The Balaban J connectivity index is 2.04. The van der Waals surface area contributed by atoms with E-state index in [0.717, 1.165) is 20.5 Å². The summed E-state index contributed by atoms with van der Waals surface area (Å²) in [6.45, 7) is 3.64. The van der Waals surface area contributed by atoms with Gasteiger partial charge in [0.25, 0.3) is 0 Å². The molecule has 0 aliphatic heterocycles. The highest BCUT2D eigenvalue weighted by Gasteiger charge is 2.12. The van der Waals surface area contributed by atoms with Gasteiger partial charge in [-0.05, 0) is 32.0 Å². The van der Waals surface area contributed by atoms with Gasteiger partial charge < -0.3 is 5.11 Å². The highest BCUT2D eigenvalue weighted by molar-refractivity contribution is 7.98. The first-order valence-electron chi connectivity index (χ1n) is 5.59. The van der Waals surface area contributed by atoms with E-state index in [1.165, 1.54) is 23.5 Å². The van der Waals surface area contributed by atoms with Gasteiger partial charge in [-0.1, -0.05) is 6.07 Å². The number of hydrogen-bond donors (Lipinski definition) is 1. The number of aliphatic hydroxyl groups is 1. The van der Waals surface area contributed by atoms with Crippen molar-refractivity contribution in [1.82, 2.24) is 4.98 Å². The molecule has 0 radical (unpaired) electrons. The molecule has 1 atom stereocenters. The molecule has 2 rings (SSSR count). The molecule has 0 aliphatic carbocycles. The van der Waals surface area contributed by atoms with Crippen LogP contribution in [0.3, 0.4) is 0 Å². The molecule has 1 heterocycles. The molecule has 0 amide bonds. The van der Waals surface area contributed by atoms with Crippen LogP contribution in [0.1, 0.15) is 28.6 Å². The van der Waals surface area contributed by atoms with Crippen LogP contribution < -0.4 is 0 Å². The summed E-state index contributed by atoms with van der Waals surface area (Å²) in [6, 6.07) is 6.53. The maximum atomic E-state index is 13.0. The number of aliphatic hydroxyl groups excluding tert-OH is 1. The van der Waals surface area contributed by atoms with E-state index in [9.17, 15) is 9.50 Å². The van der Waals surface area contributed by atoms with E-state index < -0.39 is 6.10 Å². The number of aryl methyl sites for hydroxylation is 1. The number of halogens is 1. The van der Waals surface area contributed by atoms with Gasteiger partial charge in [-0.3, -0.25) is 0 Å². The lowest BCUT2D eigenvalue weighted by atomic mass is 10.3. The molecule has 2 nitrogen and oxygen atoms in total. The number of nitrogens with zero attached hydrogens (tertiary/aromatic N) is 1. The molecule has 1 aromatic carbocycles. The van der Waals surface area contributed by atoms with Crippen molar-refractivity contribution in [1.29, 1.82) is 0 Å². The summed E-state index contributed by atoms with van der Waals surface area (Å²) >= 11 is 3.06. The zero-order valence-corrected chi connectivity index (χ0v) is 11.8. The van der Waals surface area contributed by atoms with Crippen LogP contribution in [-0.2, 0) is 5.75 Å². The van der Waals surface area contributed by atoms with Crippen LogP contribution in [0, 0.1) is 12.7 Å². The fourth-order valence-corrected chi connectivity index (χ4v) is 3.56. The number of hydrogen-bond acceptors (Lipinski definition) is 4. The maximum Gasteiger partial charge on any atom is 0.124 e. The molecule has 1 aromatic heterocycles. The zero-order chi connectivity index (χ0) is 13.1. The molecule has 0 saturated heterocycles. The van der Waals surface area contributed by atoms with Crippen molar-refractivity contribution in [3.8, 4) is 0 Å². The minimum atomic E-state index is -0.476. The van der Waals surface area contributed by atoms with Gasteiger partial charge in [0, 0.05) is 4.90 Å². The van der Waals surface area contributed by atoms with E-state index in [1.807, 2.05) is 13.0 Å². The fraction of sp³-hybridized carbons (Fsp3) is 0.308. The van der Waals surface area contributed by atoms with E-state index in [2.05, 4.69) is 4.98 Å². The summed E-state index contributed by atoms with van der Waals surface area (Å²) in [5.41, 5.74) is 0.879. The van der Waals surface area contributed by atoms with Crippen LogP contribution in [0.5, 0.6) is 0 Å². The molecule has 96 valence electrons. The predicted octanol–water partition coefficient (Wildman–Crippen LogP) is 3.94. The molecule has 0 spiro atoms. The molecule has 1 unspecified atom stereocenters. The fourth-order valence-electron chi connectivity index (χ4n) is 1.62. The van der Waals surface area contributed by atoms with Gasteiger partial charge in [0.2, 0.25) is 0 Å². The van der Waals surface area contributed by atoms with E-state index in [1.54, 1.807) is 24.8 Å². The van der Waals surface area contributed by atoms with Crippen molar-refractivity contribution >= 4 is 23.1 Å². The van der Waals surface area contributed by atoms with Gasteiger partial charge in [-0.15, -0.1) is 23.1 Å². The van der Waals surface area contributed by atoms with Gasteiger partial charge in [0.15, 0.2) is 0 Å². The van der Waals surface area contributed by atoms with Crippen molar-refractivity contribution in [3.05, 3.63) is 45.7 Å². The minimum absolute atomic E-state index is 0.222. The normalized spacial score (nSPS) is 12.7. The molecule has 0 saturated carbocycles. The predicted molar refractivity (Wildman–Crippen MR) is 73.4 cm³/mol. The van der Waals surface area contributed by atoms with Gasteiger partial charge in [-0.2, -0.15) is 0 Å². The van der Waals surface area contributed by atoms with Crippen LogP contribution in [0.15, 0.2) is 29.2 Å². The Morgan fingerprint density at radius 2 is 2.28 bits per heavy atom. The lowest BCUT2D eigenvalue weighted by Gasteiger charge is -1.99. The average Bonchev–Trinajstić information content (AvgIpc) is 2.68. The SMILES string of the molecule is Cc1nc(CSc2cccc(F)c2)sc1C(C)O. The monoisotopic (exact) mass is 283 g/mol. The summed E-state index contributed by atoms with van der Waals surface area (Å²) in [5.74, 6) is 0.474. The van der Waals surface area contributed by atoms with E-state index in [-0.39, 0.29) is 5.82 Å². The Labute approximate surface area is 114 Å². The highest BCUT2D eigenvalue weighted by Crippen LogP contribution is 2.29. The van der Waals surface area contributed by atoms with Crippen LogP contribution in [0.25, 0.3) is 0 Å². The quantitative estimate of drug-likeness (QED) is 0.863. The number of thioether (sulfide) groups is 1. The molecule has 5 heteroatoms. The van der Waals surface area contributed by atoms with Crippen molar-refractivity contribution in [3.63, 3.8) is 0 Å². The third kappa shape index (κ3) is 3.31. The molecule has 0 aliphatic rings. The van der Waals surface area contributed by atoms with Crippen LogP contribution >= 0.6 is 23.1 Å². The lowest BCUT2D eigenvalue weighted by molar-refractivity contribution is 0.202. The molecule has 18 heavy (non-hydrogen) atoms. The average molecular weight is 283 g/mol. The van der Waals surface area contributed by atoms with Crippen molar-refractivity contribution < 1.29 is 9.50 Å². The largest absolute Gasteiger partial charge is 0.388 e. The third-order valence-corrected chi connectivity index (χ3v) is 4.93. The van der Waals surface area contributed by atoms with E-state index in [4.69, 9.17) is 0 Å². The molecule has 1 N–H and O–H groups in total. The second-order valence-corrected chi connectivity index (χ2v) is 6.14. The molecule has 0 fully saturated rings. The summed E-state index contributed by atoms with van der Waals surface area (Å²) in [5, 5.41) is 10.5. The number of rotatable bonds is 4. The Morgan fingerprint density at radius 1 is 1.50 bits per heavy atom. The molecular weight excluding hydrogens is 269 g/mol. The first kappa shape index (κ1) is 13.5. The number of aromatic nitrogens is 1. The Morgan fingerprint density at radius 3 is 2.89 bits per heavy atom. The van der Waals surface area contributed by atoms with E-state index >= 15 is 0 Å². The van der Waals surface area contributed by atoms with Crippen molar-refractivity contribution in [2.45, 2.75) is 30.6 Å². The van der Waals surface area contributed by atoms with Gasteiger partial charge in [-0.25, -0.2) is 9.37 Å². The van der Waals surface area contributed by atoms with Crippen LogP contribution in [0.4, 0.5) is 4.39 Å². The van der Waals surface area contributed by atoms with Gasteiger partial charge in [0.1, 0.15) is 10.8 Å². The first-order chi connectivity index (χ1) is 8.56. The second-order valence-electron chi connectivity index (χ2n) is 3.98. The van der Waals surface area contributed by atoms with Crippen LogP contribution in [-0.4, -0.2) is 10.1 Å². The summed E-state index contributed by atoms with van der Waals surface area (Å²) in [6.07, 6.45) is -0.476. The molecule has 0 bridgehead atoms. The Hall–Kier alpha value is -0.910. The third-order valence-electron chi connectivity index (χ3n) is 2.41. The zero-order valence-electron chi connectivity index (χ0n) is 10.2. The highest BCUT2D eigenvalue weighted by atomic mass is 32.2. The summed E-state index contributed by atoms with van der Waals surface area (Å²) < 4.78 is 13.0. The van der Waals surface area contributed by atoms with E-state index in [0.29, 0.717) is 5.75 Å². The smallest absolute Gasteiger partial charge is 0.124 e. The number of benzene rings is 1. The van der Waals surface area contributed by atoms with Crippen molar-refractivity contribution in [2.75, 3.05) is 0 Å². The van der Waals surface area contributed by atoms with Crippen LogP contribution in [0.2, 0.25) is 0 Å². The summed E-state index contributed by atoms with van der Waals surface area (Å²) in [7, 11) is 0. The van der Waals surface area contributed by atoms with Crippen molar-refractivity contribution in [2.24, 2.45) is 0 Å². The Kier molecular flexibility index (Phi) is 4.37. The second kappa shape index (κ2) is 5.82. The number of thiazole rings is 1. The maximum absolute atomic E-state index is 13.0. The van der Waals surface area contributed by atoms with Gasteiger partial charge >= 0.3 is 0 Å². The lowest BCUT2D eigenvalue weighted by Crippen LogP contribution is -1.88. The molecule has 2 aromatic rings. The molecular formula is C13H14FNOS2. The standard InChI is InChI=1S/C13H14FNOS2/c1-8-13(9(2)16)18-12(15-8)7-17-11-5-3-4-10(14)6-11/h3-6,9,16H,7H2,1-2H3. The minimum Gasteiger partial charge on any atom is -0.388 e. The van der Waals surface area contributed by atoms with Gasteiger partial charge in [0.05, 0.1) is 22.4 Å². The first-order valence-corrected chi connectivity index (χ1v) is 7.39. The Bertz CT molecular complexity index is 540.